The van der Waals surface area contributed by atoms with Crippen LogP contribution in [0.5, 0.6) is 0 Å². The van der Waals surface area contributed by atoms with Gasteiger partial charge in [-0.15, -0.1) is 0 Å². The number of rotatable bonds is 5. The monoisotopic (exact) mass is 380 g/mol. The van der Waals surface area contributed by atoms with Crippen LogP contribution in [0.4, 0.5) is 0 Å². The summed E-state index contributed by atoms with van der Waals surface area (Å²) in [5.41, 5.74) is 2.88. The first kappa shape index (κ1) is 18.3. The highest BCUT2D eigenvalue weighted by atomic mass is 35.5. The summed E-state index contributed by atoms with van der Waals surface area (Å²) in [7, 11) is -3.33. The standard InChI is InChI=1S/C18H21ClN2O3S/c1-12(2)25(22,23)21-18-11-24-10-16(18)13-3-5-14(6-4-13)17-8-7-15(19)9-20-17/h3-9,12,16,18,21H,10-11H2,1-2H3/t16-,18-/m1/s1. The zero-order valence-corrected chi connectivity index (χ0v) is 15.7. The molecule has 0 saturated carbocycles. The van der Waals surface area contributed by atoms with Gasteiger partial charge in [0, 0.05) is 17.7 Å². The average molecular weight is 381 g/mol. The van der Waals surface area contributed by atoms with Crippen molar-refractivity contribution in [2.24, 2.45) is 0 Å². The smallest absolute Gasteiger partial charge is 0.214 e. The summed E-state index contributed by atoms with van der Waals surface area (Å²) >= 11 is 5.87. The van der Waals surface area contributed by atoms with Gasteiger partial charge in [0.1, 0.15) is 0 Å². The molecule has 1 saturated heterocycles. The van der Waals surface area contributed by atoms with E-state index in [1.165, 1.54) is 0 Å². The van der Waals surface area contributed by atoms with Gasteiger partial charge in [0.15, 0.2) is 0 Å². The summed E-state index contributed by atoms with van der Waals surface area (Å²) < 4.78 is 32.6. The van der Waals surface area contributed by atoms with Crippen LogP contribution in [0.3, 0.4) is 0 Å². The molecule has 7 heteroatoms. The Bertz CT molecular complexity index is 820. The van der Waals surface area contributed by atoms with Gasteiger partial charge in [0.05, 0.1) is 35.2 Å². The molecule has 1 aliphatic heterocycles. The Morgan fingerprint density at radius 3 is 2.48 bits per heavy atom. The summed E-state index contributed by atoms with van der Waals surface area (Å²) in [5.74, 6) is 0.000696. The maximum atomic E-state index is 12.1. The van der Waals surface area contributed by atoms with E-state index in [2.05, 4.69) is 9.71 Å². The van der Waals surface area contributed by atoms with Gasteiger partial charge in [0.25, 0.3) is 0 Å². The number of benzene rings is 1. The molecule has 3 rings (SSSR count). The summed E-state index contributed by atoms with van der Waals surface area (Å²) in [6.07, 6.45) is 1.62. The number of ether oxygens (including phenoxy) is 1. The molecule has 1 fully saturated rings. The van der Waals surface area contributed by atoms with Crippen LogP contribution in [0, 0.1) is 0 Å². The van der Waals surface area contributed by atoms with Gasteiger partial charge in [-0.25, -0.2) is 13.1 Å². The van der Waals surface area contributed by atoms with Crippen molar-refractivity contribution in [1.29, 1.82) is 0 Å². The van der Waals surface area contributed by atoms with Crippen molar-refractivity contribution in [3.8, 4) is 11.3 Å². The van der Waals surface area contributed by atoms with E-state index in [0.717, 1.165) is 16.8 Å². The second kappa shape index (κ2) is 7.41. The molecule has 1 aromatic heterocycles. The number of nitrogens with one attached hydrogen (secondary N) is 1. The van der Waals surface area contributed by atoms with E-state index in [1.807, 2.05) is 30.3 Å². The van der Waals surface area contributed by atoms with E-state index >= 15 is 0 Å². The molecule has 2 atom stereocenters. The molecule has 0 bridgehead atoms. The predicted octanol–water partition coefficient (Wildman–Crippen LogP) is 3.21. The zero-order valence-electron chi connectivity index (χ0n) is 14.1. The van der Waals surface area contributed by atoms with E-state index in [9.17, 15) is 8.42 Å². The molecule has 134 valence electrons. The quantitative estimate of drug-likeness (QED) is 0.864. The van der Waals surface area contributed by atoms with Gasteiger partial charge in [-0.2, -0.15) is 0 Å². The van der Waals surface area contributed by atoms with Crippen LogP contribution in [0.15, 0.2) is 42.6 Å². The number of halogens is 1. The fourth-order valence-electron chi connectivity index (χ4n) is 2.79. The number of hydrogen-bond donors (Lipinski definition) is 1. The van der Waals surface area contributed by atoms with Gasteiger partial charge in [-0.05, 0) is 31.5 Å². The van der Waals surface area contributed by atoms with E-state index in [4.69, 9.17) is 16.3 Å². The number of hydrogen-bond acceptors (Lipinski definition) is 4. The Kier molecular flexibility index (Phi) is 5.43. The number of aromatic nitrogens is 1. The van der Waals surface area contributed by atoms with Gasteiger partial charge in [-0.3, -0.25) is 4.98 Å². The van der Waals surface area contributed by atoms with Crippen LogP contribution in [0.2, 0.25) is 5.02 Å². The van der Waals surface area contributed by atoms with E-state index in [1.54, 1.807) is 26.1 Å². The van der Waals surface area contributed by atoms with Crippen LogP contribution in [-0.4, -0.2) is 37.9 Å². The Labute approximate surface area is 153 Å². The van der Waals surface area contributed by atoms with E-state index < -0.39 is 15.3 Å². The topological polar surface area (TPSA) is 68.3 Å². The summed E-state index contributed by atoms with van der Waals surface area (Å²) in [4.78, 5) is 4.31. The van der Waals surface area contributed by atoms with Crippen molar-refractivity contribution in [2.45, 2.75) is 31.1 Å². The molecule has 2 aromatic rings. The molecule has 1 N–H and O–H groups in total. The largest absolute Gasteiger partial charge is 0.379 e. The van der Waals surface area contributed by atoms with Gasteiger partial charge < -0.3 is 4.74 Å². The van der Waals surface area contributed by atoms with Crippen molar-refractivity contribution in [1.82, 2.24) is 9.71 Å². The molecule has 0 spiro atoms. The molecule has 0 unspecified atom stereocenters. The predicted molar refractivity (Wildman–Crippen MR) is 99.2 cm³/mol. The molecule has 1 aliphatic rings. The third-order valence-corrected chi connectivity index (χ3v) is 6.47. The minimum atomic E-state index is -3.33. The van der Waals surface area contributed by atoms with E-state index in [0.29, 0.717) is 18.2 Å². The first-order valence-electron chi connectivity index (χ1n) is 8.17. The molecular weight excluding hydrogens is 360 g/mol. The van der Waals surface area contributed by atoms with Gasteiger partial charge >= 0.3 is 0 Å². The third-order valence-electron chi connectivity index (χ3n) is 4.38. The Hall–Kier alpha value is -1.47. The van der Waals surface area contributed by atoms with E-state index in [-0.39, 0.29) is 12.0 Å². The minimum Gasteiger partial charge on any atom is -0.379 e. The fourth-order valence-corrected chi connectivity index (χ4v) is 3.83. The SMILES string of the molecule is CC(C)S(=O)(=O)N[C@@H]1COC[C@@H]1c1ccc(-c2ccc(Cl)cn2)cc1. The molecule has 2 heterocycles. The lowest BCUT2D eigenvalue weighted by Gasteiger charge is -2.21. The molecule has 5 nitrogen and oxygen atoms in total. The summed E-state index contributed by atoms with van der Waals surface area (Å²) in [5, 5.41) is 0.135. The zero-order chi connectivity index (χ0) is 18.0. The highest BCUT2D eigenvalue weighted by Crippen LogP contribution is 2.28. The Morgan fingerprint density at radius 1 is 1.16 bits per heavy atom. The second-order valence-electron chi connectivity index (χ2n) is 6.45. The van der Waals surface area contributed by atoms with Crippen LogP contribution < -0.4 is 4.72 Å². The summed E-state index contributed by atoms with van der Waals surface area (Å²) in [6.45, 7) is 4.23. The van der Waals surface area contributed by atoms with Crippen LogP contribution in [0.1, 0.15) is 25.3 Å². The molecule has 0 aliphatic carbocycles. The van der Waals surface area contributed by atoms with Gasteiger partial charge in [0.2, 0.25) is 10.0 Å². The van der Waals surface area contributed by atoms with Crippen molar-refractivity contribution < 1.29 is 13.2 Å². The van der Waals surface area contributed by atoms with Crippen LogP contribution in [-0.2, 0) is 14.8 Å². The molecule has 25 heavy (non-hydrogen) atoms. The number of nitrogens with zero attached hydrogens (tertiary/aromatic N) is 1. The highest BCUT2D eigenvalue weighted by molar-refractivity contribution is 7.90. The molecule has 1 aromatic carbocycles. The first-order chi connectivity index (χ1) is 11.9. The normalized spacial score (nSPS) is 21.0. The minimum absolute atomic E-state index is 0.000696. The Morgan fingerprint density at radius 2 is 1.88 bits per heavy atom. The molecule has 0 amide bonds. The fraction of sp³-hybridized carbons (Fsp3) is 0.389. The highest BCUT2D eigenvalue weighted by Gasteiger charge is 2.33. The molecule has 0 radical (unpaired) electrons. The average Bonchev–Trinajstić information content (AvgIpc) is 3.03. The lowest BCUT2D eigenvalue weighted by Crippen LogP contribution is -2.42. The first-order valence-corrected chi connectivity index (χ1v) is 10.1. The van der Waals surface area contributed by atoms with Gasteiger partial charge in [-0.1, -0.05) is 35.9 Å². The molecular formula is C18H21ClN2O3S. The van der Waals surface area contributed by atoms with Crippen molar-refractivity contribution in [2.75, 3.05) is 13.2 Å². The summed E-state index contributed by atoms with van der Waals surface area (Å²) in [6, 6.07) is 11.4. The Balaban J connectivity index is 1.78. The van der Waals surface area contributed by atoms with Crippen LogP contribution in [0.25, 0.3) is 11.3 Å². The number of sulfonamides is 1. The van der Waals surface area contributed by atoms with Crippen LogP contribution >= 0.6 is 11.6 Å². The van der Waals surface area contributed by atoms with Crippen molar-refractivity contribution in [3.63, 3.8) is 0 Å². The number of pyridine rings is 1. The second-order valence-corrected chi connectivity index (χ2v) is 9.15. The third kappa shape index (κ3) is 4.20. The lowest BCUT2D eigenvalue weighted by molar-refractivity contribution is 0.189. The maximum absolute atomic E-state index is 12.1. The van der Waals surface area contributed by atoms with Crippen molar-refractivity contribution in [3.05, 3.63) is 53.2 Å². The maximum Gasteiger partial charge on any atom is 0.214 e. The lowest BCUT2D eigenvalue weighted by atomic mass is 9.94. The van der Waals surface area contributed by atoms with Crippen molar-refractivity contribution >= 4 is 21.6 Å².